The Labute approximate surface area is 208 Å². The van der Waals surface area contributed by atoms with Gasteiger partial charge in [-0.15, -0.1) is 5.06 Å². The number of aromatic nitrogens is 3. The van der Waals surface area contributed by atoms with Crippen LogP contribution in [0.4, 0.5) is 10.2 Å². The van der Waals surface area contributed by atoms with E-state index in [1.165, 1.54) is 35.2 Å². The van der Waals surface area contributed by atoms with Crippen molar-refractivity contribution in [1.82, 2.24) is 20.0 Å². The Morgan fingerprint density at radius 2 is 2.11 bits per heavy atom. The van der Waals surface area contributed by atoms with E-state index in [1.54, 1.807) is 0 Å². The lowest BCUT2D eigenvalue weighted by atomic mass is 9.76. The summed E-state index contributed by atoms with van der Waals surface area (Å²) in [7, 11) is 0. The molecule has 9 nitrogen and oxygen atoms in total. The summed E-state index contributed by atoms with van der Waals surface area (Å²) in [5.41, 5.74) is 2.70. The van der Waals surface area contributed by atoms with Crippen molar-refractivity contribution in [2.45, 2.75) is 57.0 Å². The maximum Gasteiger partial charge on any atom is 0.324 e. The molecular weight excluding hydrogens is 465 g/mol. The van der Waals surface area contributed by atoms with Gasteiger partial charge in [0.25, 0.3) is 0 Å². The molecule has 0 bridgehead atoms. The highest BCUT2D eigenvalue weighted by Crippen LogP contribution is 2.37. The fourth-order valence-corrected chi connectivity index (χ4v) is 5.06. The van der Waals surface area contributed by atoms with Crippen molar-refractivity contribution in [2.75, 3.05) is 18.5 Å². The van der Waals surface area contributed by atoms with E-state index in [1.807, 2.05) is 0 Å². The predicted molar refractivity (Wildman–Crippen MR) is 131 cm³/mol. The third-order valence-electron chi connectivity index (χ3n) is 7.08. The van der Waals surface area contributed by atoms with Gasteiger partial charge >= 0.3 is 5.97 Å². The number of hydrogen-bond acceptors (Lipinski definition) is 8. The van der Waals surface area contributed by atoms with Crippen LogP contribution in [0.1, 0.15) is 43.4 Å². The minimum Gasteiger partial charge on any atom is -0.480 e. The lowest BCUT2D eigenvalue weighted by Crippen LogP contribution is -2.54. The summed E-state index contributed by atoms with van der Waals surface area (Å²) in [6.07, 6.45) is 6.79. The summed E-state index contributed by atoms with van der Waals surface area (Å²) in [5.74, 6) is 0.0570. The Kier molecular flexibility index (Phi) is 7.24. The number of pyridine rings is 1. The monoisotopic (exact) mass is 495 g/mol. The standard InChI is InChI=1S/C26H30FN5O4/c27-18-5-8-21-22(14-18)29-15-30-25(21)36-32(23(9-11-33)26(34)35)20-12-16(13-20)3-6-19-7-4-17-2-1-10-28-24(17)31-19/h4-5,7-8,14-16,20,23,33H,1-3,6,9-13H2,(H,28,31)(H,34,35)/t16?,20?,23-/m0/s1. The molecule has 5 rings (SSSR count). The van der Waals surface area contributed by atoms with Crippen LogP contribution in [0.25, 0.3) is 10.9 Å². The van der Waals surface area contributed by atoms with Gasteiger partial charge in [0.05, 0.1) is 10.9 Å². The molecule has 1 aliphatic carbocycles. The molecule has 2 aliphatic rings. The van der Waals surface area contributed by atoms with Crippen molar-refractivity contribution in [3.05, 3.63) is 53.7 Å². The Morgan fingerprint density at radius 3 is 2.92 bits per heavy atom. The van der Waals surface area contributed by atoms with Gasteiger partial charge in [-0.1, -0.05) is 6.07 Å². The number of aliphatic hydroxyl groups is 1. The Morgan fingerprint density at radius 1 is 1.25 bits per heavy atom. The number of carboxylic acids is 1. The molecule has 0 spiro atoms. The van der Waals surface area contributed by atoms with E-state index >= 15 is 0 Å². The highest BCUT2D eigenvalue weighted by atomic mass is 19.1. The van der Waals surface area contributed by atoms with Crippen molar-refractivity contribution >= 4 is 22.7 Å². The molecule has 190 valence electrons. The topological polar surface area (TPSA) is 121 Å². The molecule has 10 heteroatoms. The molecular formula is C26H30FN5O4. The molecule has 1 atom stereocenters. The molecule has 1 aromatic carbocycles. The van der Waals surface area contributed by atoms with Crippen LogP contribution in [-0.4, -0.2) is 61.4 Å². The van der Waals surface area contributed by atoms with Crippen LogP contribution in [0.3, 0.4) is 0 Å². The van der Waals surface area contributed by atoms with Gasteiger partial charge in [0, 0.05) is 31.0 Å². The van der Waals surface area contributed by atoms with Gasteiger partial charge in [0.15, 0.2) is 0 Å². The first-order valence-electron chi connectivity index (χ1n) is 12.4. The van der Waals surface area contributed by atoms with E-state index in [0.717, 1.165) is 56.6 Å². The van der Waals surface area contributed by atoms with Crippen LogP contribution in [0.15, 0.2) is 36.7 Å². The molecule has 0 unspecified atom stereocenters. The Balaban J connectivity index is 1.27. The zero-order valence-corrected chi connectivity index (χ0v) is 19.9. The Bertz CT molecular complexity index is 1240. The molecule has 3 aromatic rings. The smallest absolute Gasteiger partial charge is 0.324 e. The van der Waals surface area contributed by atoms with Crippen molar-refractivity contribution in [2.24, 2.45) is 5.92 Å². The molecule has 0 saturated heterocycles. The number of hydrogen-bond donors (Lipinski definition) is 3. The maximum absolute atomic E-state index is 13.7. The largest absolute Gasteiger partial charge is 0.480 e. The molecule has 2 aromatic heterocycles. The van der Waals surface area contributed by atoms with Gasteiger partial charge in [0.1, 0.15) is 24.0 Å². The number of nitrogens with one attached hydrogen (secondary N) is 1. The van der Waals surface area contributed by atoms with Crippen LogP contribution in [0, 0.1) is 11.7 Å². The first kappa shape index (κ1) is 24.3. The minimum atomic E-state index is -1.08. The second-order valence-corrected chi connectivity index (χ2v) is 9.53. The van der Waals surface area contributed by atoms with Gasteiger partial charge in [-0.3, -0.25) is 4.79 Å². The number of carbonyl (C=O) groups is 1. The number of nitrogens with zero attached hydrogens (tertiary/aromatic N) is 4. The van der Waals surface area contributed by atoms with Crippen LogP contribution >= 0.6 is 0 Å². The average molecular weight is 496 g/mol. The number of aryl methyl sites for hydroxylation is 2. The molecule has 1 fully saturated rings. The van der Waals surface area contributed by atoms with Crippen LogP contribution < -0.4 is 10.2 Å². The molecule has 3 heterocycles. The summed E-state index contributed by atoms with van der Waals surface area (Å²) in [6, 6.07) is 7.15. The summed E-state index contributed by atoms with van der Waals surface area (Å²) < 4.78 is 13.7. The van der Waals surface area contributed by atoms with Crippen molar-refractivity contribution < 1.29 is 24.2 Å². The van der Waals surface area contributed by atoms with E-state index in [0.29, 0.717) is 16.8 Å². The number of halogens is 1. The van der Waals surface area contributed by atoms with Gasteiger partial charge in [0.2, 0.25) is 5.88 Å². The number of benzene rings is 1. The number of carboxylic acid groups (broad SMARTS) is 1. The van der Waals surface area contributed by atoms with E-state index in [-0.39, 0.29) is 24.9 Å². The lowest BCUT2D eigenvalue weighted by Gasteiger charge is -2.43. The highest BCUT2D eigenvalue weighted by molar-refractivity contribution is 5.83. The number of fused-ring (bicyclic) bond motifs is 2. The zero-order chi connectivity index (χ0) is 25.1. The van der Waals surface area contributed by atoms with Crippen molar-refractivity contribution in [3.63, 3.8) is 0 Å². The summed E-state index contributed by atoms with van der Waals surface area (Å²) in [6.45, 7) is 0.666. The number of aliphatic carboxylic acids is 1. The SMILES string of the molecule is O=C(O)[C@H](CCO)N(Oc1ncnc2cc(F)ccc12)C1CC(CCc2ccc3c(n2)NCCC3)C1. The third-order valence-corrected chi connectivity index (χ3v) is 7.08. The molecule has 1 saturated carbocycles. The molecule has 1 aliphatic heterocycles. The highest BCUT2D eigenvalue weighted by Gasteiger charge is 2.41. The first-order valence-corrected chi connectivity index (χ1v) is 12.4. The maximum atomic E-state index is 13.7. The number of anilines is 1. The van der Waals surface area contributed by atoms with Crippen molar-refractivity contribution in [1.29, 1.82) is 0 Å². The predicted octanol–water partition coefficient (Wildman–Crippen LogP) is 3.36. The van der Waals surface area contributed by atoms with Gasteiger partial charge < -0.3 is 20.4 Å². The normalized spacial score (nSPS) is 19.9. The molecule has 0 radical (unpaired) electrons. The summed E-state index contributed by atoms with van der Waals surface area (Å²) in [5, 5.41) is 24.7. The average Bonchev–Trinajstić information content (AvgIpc) is 2.85. The van der Waals surface area contributed by atoms with Gasteiger partial charge in [-0.2, -0.15) is 4.98 Å². The quantitative estimate of drug-likeness (QED) is 0.364. The summed E-state index contributed by atoms with van der Waals surface area (Å²) in [4.78, 5) is 31.2. The van der Waals surface area contributed by atoms with Crippen LogP contribution in [0.2, 0.25) is 0 Å². The first-order chi connectivity index (χ1) is 17.5. The number of aliphatic hydroxyl groups excluding tert-OH is 1. The second-order valence-electron chi connectivity index (χ2n) is 9.53. The van der Waals surface area contributed by atoms with Crippen LogP contribution in [0.5, 0.6) is 5.88 Å². The van der Waals surface area contributed by atoms with Crippen LogP contribution in [-0.2, 0) is 17.6 Å². The molecule has 36 heavy (non-hydrogen) atoms. The third kappa shape index (κ3) is 5.24. The second kappa shape index (κ2) is 10.7. The summed E-state index contributed by atoms with van der Waals surface area (Å²) >= 11 is 0. The number of hydroxylamine groups is 2. The zero-order valence-electron chi connectivity index (χ0n) is 19.9. The van der Waals surface area contributed by atoms with Crippen molar-refractivity contribution in [3.8, 4) is 5.88 Å². The van der Waals surface area contributed by atoms with E-state index in [2.05, 4.69) is 27.4 Å². The fourth-order valence-electron chi connectivity index (χ4n) is 5.06. The number of rotatable bonds is 10. The minimum absolute atomic E-state index is 0.0141. The Hall–Kier alpha value is -3.37. The fraction of sp³-hybridized carbons (Fsp3) is 0.462. The van der Waals surface area contributed by atoms with E-state index in [9.17, 15) is 19.4 Å². The van der Waals surface area contributed by atoms with E-state index < -0.39 is 17.8 Å². The lowest BCUT2D eigenvalue weighted by molar-refractivity contribution is -0.187. The van der Waals surface area contributed by atoms with Gasteiger partial charge in [-0.05, 0) is 74.6 Å². The van der Waals surface area contributed by atoms with E-state index in [4.69, 9.17) is 9.82 Å². The van der Waals surface area contributed by atoms with Gasteiger partial charge in [-0.25, -0.2) is 14.4 Å². The molecule has 3 N–H and O–H groups in total. The molecule has 0 amide bonds.